The molecule has 0 bridgehead atoms. The molecule has 0 radical (unpaired) electrons. The number of esters is 1. The number of alkyl halides is 3. The fraction of sp³-hybridized carbons (Fsp3) is 0.0909. The molecule has 2 aromatic heterocycles. The van der Waals surface area contributed by atoms with Gasteiger partial charge in [-0.15, -0.1) is 5.10 Å². The minimum absolute atomic E-state index is 0.226. The molecule has 0 saturated heterocycles. The van der Waals surface area contributed by atoms with Crippen LogP contribution in [-0.4, -0.2) is 28.3 Å². The van der Waals surface area contributed by atoms with Crippen LogP contribution >= 0.6 is 0 Å². The van der Waals surface area contributed by atoms with Crippen LogP contribution in [0.4, 0.5) is 24.7 Å². The maximum absolute atomic E-state index is 13.0. The summed E-state index contributed by atoms with van der Waals surface area (Å²) < 4.78 is 43.7. The van der Waals surface area contributed by atoms with Crippen LogP contribution in [0.1, 0.15) is 15.9 Å². The maximum Gasteiger partial charge on any atom is 0.416 e. The molecule has 2 aromatic carbocycles. The molecule has 0 aliphatic rings. The lowest BCUT2D eigenvalue weighted by atomic mass is 10.0. The third-order valence-electron chi connectivity index (χ3n) is 4.60. The Morgan fingerprint density at radius 2 is 1.77 bits per heavy atom. The molecule has 0 fully saturated rings. The highest BCUT2D eigenvalue weighted by Crippen LogP contribution is 2.32. The Kier molecular flexibility index (Phi) is 5.24. The Balaban J connectivity index is 1.70. The Labute approximate surface area is 174 Å². The molecule has 6 nitrogen and oxygen atoms in total. The fourth-order valence-corrected chi connectivity index (χ4v) is 3.04. The molecular formula is C22H15F3N4O2. The van der Waals surface area contributed by atoms with Gasteiger partial charge in [-0.1, -0.05) is 18.2 Å². The standard InChI is InChI=1S/C22H15F3N4O2/c1-31-21(30)14-7-5-13(6-8-14)15-9-18-19(26-11-15)12-27-29-20(18)28-17-4-2-3-16(10-17)22(23,24)25/h2-12H,1H3,(H,28,29). The van der Waals surface area contributed by atoms with Crippen molar-refractivity contribution in [3.8, 4) is 11.1 Å². The van der Waals surface area contributed by atoms with Gasteiger partial charge < -0.3 is 10.1 Å². The van der Waals surface area contributed by atoms with Crippen molar-refractivity contribution in [1.82, 2.24) is 15.2 Å². The van der Waals surface area contributed by atoms with E-state index in [1.54, 1.807) is 36.5 Å². The van der Waals surface area contributed by atoms with Gasteiger partial charge in [0.2, 0.25) is 0 Å². The van der Waals surface area contributed by atoms with Gasteiger partial charge in [0.1, 0.15) is 0 Å². The molecule has 2 heterocycles. The first-order valence-electron chi connectivity index (χ1n) is 9.09. The number of halogens is 3. The zero-order valence-corrected chi connectivity index (χ0v) is 16.1. The number of benzene rings is 2. The van der Waals surface area contributed by atoms with E-state index < -0.39 is 17.7 Å². The lowest BCUT2D eigenvalue weighted by Gasteiger charge is -2.11. The summed E-state index contributed by atoms with van der Waals surface area (Å²) in [6.07, 6.45) is -1.34. The van der Waals surface area contributed by atoms with Gasteiger partial charge in [-0.05, 0) is 42.0 Å². The summed E-state index contributed by atoms with van der Waals surface area (Å²) in [5, 5.41) is 11.4. The zero-order valence-electron chi connectivity index (χ0n) is 16.1. The minimum Gasteiger partial charge on any atom is -0.465 e. The number of nitrogens with zero attached hydrogens (tertiary/aromatic N) is 3. The minimum atomic E-state index is -4.45. The number of methoxy groups -OCH3 is 1. The first-order valence-corrected chi connectivity index (χ1v) is 9.09. The number of ether oxygens (including phenoxy) is 1. The fourth-order valence-electron chi connectivity index (χ4n) is 3.04. The molecule has 4 aromatic rings. The number of fused-ring (bicyclic) bond motifs is 1. The van der Waals surface area contributed by atoms with Crippen LogP contribution in [-0.2, 0) is 10.9 Å². The summed E-state index contributed by atoms with van der Waals surface area (Å²) in [4.78, 5) is 16.0. The molecule has 0 aliphatic heterocycles. The zero-order chi connectivity index (χ0) is 22.0. The van der Waals surface area contributed by atoms with Crippen molar-refractivity contribution >= 4 is 28.4 Å². The van der Waals surface area contributed by atoms with Gasteiger partial charge in [-0.3, -0.25) is 4.98 Å². The topological polar surface area (TPSA) is 77.0 Å². The predicted octanol–water partition coefficient (Wildman–Crippen LogP) is 5.24. The molecule has 156 valence electrons. The number of hydrogen-bond donors (Lipinski definition) is 1. The van der Waals surface area contributed by atoms with E-state index in [1.165, 1.54) is 25.4 Å². The number of nitrogens with one attached hydrogen (secondary N) is 1. The molecule has 0 atom stereocenters. The number of anilines is 2. The molecule has 0 amide bonds. The summed E-state index contributed by atoms with van der Waals surface area (Å²) >= 11 is 0. The molecule has 9 heteroatoms. The number of pyridine rings is 1. The van der Waals surface area contributed by atoms with Gasteiger partial charge in [0.15, 0.2) is 5.82 Å². The third kappa shape index (κ3) is 4.30. The number of carbonyl (C=O) groups is 1. The van der Waals surface area contributed by atoms with E-state index in [4.69, 9.17) is 4.74 Å². The van der Waals surface area contributed by atoms with Crippen LogP contribution in [0.2, 0.25) is 0 Å². The van der Waals surface area contributed by atoms with E-state index in [0.717, 1.165) is 23.3 Å². The summed E-state index contributed by atoms with van der Waals surface area (Å²) in [6, 6.07) is 13.4. The summed E-state index contributed by atoms with van der Waals surface area (Å²) in [5.74, 6) is -0.164. The summed E-state index contributed by atoms with van der Waals surface area (Å²) in [6.45, 7) is 0. The number of carbonyl (C=O) groups excluding carboxylic acids is 1. The van der Waals surface area contributed by atoms with Crippen LogP contribution in [0.3, 0.4) is 0 Å². The average molecular weight is 424 g/mol. The Hall–Kier alpha value is -4.01. The lowest BCUT2D eigenvalue weighted by Crippen LogP contribution is -2.05. The summed E-state index contributed by atoms with van der Waals surface area (Å²) in [5.41, 5.74) is 1.93. The van der Waals surface area contributed by atoms with Crippen molar-refractivity contribution in [3.63, 3.8) is 0 Å². The van der Waals surface area contributed by atoms with Gasteiger partial charge in [0, 0.05) is 22.8 Å². The van der Waals surface area contributed by atoms with Crippen molar-refractivity contribution in [2.75, 3.05) is 12.4 Å². The van der Waals surface area contributed by atoms with Gasteiger partial charge in [0.05, 0.1) is 30.0 Å². The van der Waals surface area contributed by atoms with E-state index in [-0.39, 0.29) is 11.5 Å². The van der Waals surface area contributed by atoms with Crippen LogP contribution < -0.4 is 5.32 Å². The first-order chi connectivity index (χ1) is 14.8. The number of hydrogen-bond acceptors (Lipinski definition) is 6. The van der Waals surface area contributed by atoms with Crippen molar-refractivity contribution in [3.05, 3.63) is 78.1 Å². The first kappa shape index (κ1) is 20.3. The monoisotopic (exact) mass is 424 g/mol. The predicted molar refractivity (Wildman–Crippen MR) is 109 cm³/mol. The van der Waals surface area contributed by atoms with Crippen molar-refractivity contribution in [2.24, 2.45) is 0 Å². The second-order valence-electron chi connectivity index (χ2n) is 6.62. The molecule has 0 saturated carbocycles. The average Bonchev–Trinajstić information content (AvgIpc) is 2.78. The van der Waals surface area contributed by atoms with Crippen molar-refractivity contribution < 1.29 is 22.7 Å². The van der Waals surface area contributed by atoms with E-state index in [2.05, 4.69) is 20.5 Å². The number of rotatable bonds is 4. The lowest BCUT2D eigenvalue weighted by molar-refractivity contribution is -0.137. The van der Waals surface area contributed by atoms with E-state index >= 15 is 0 Å². The van der Waals surface area contributed by atoms with Crippen molar-refractivity contribution in [1.29, 1.82) is 0 Å². The largest absolute Gasteiger partial charge is 0.465 e. The molecule has 0 unspecified atom stereocenters. The normalized spacial score (nSPS) is 11.4. The second-order valence-corrected chi connectivity index (χ2v) is 6.62. The van der Waals surface area contributed by atoms with E-state index in [0.29, 0.717) is 16.5 Å². The molecular weight excluding hydrogens is 409 g/mol. The smallest absolute Gasteiger partial charge is 0.416 e. The van der Waals surface area contributed by atoms with Crippen LogP contribution in [0.15, 0.2) is 67.0 Å². The SMILES string of the molecule is COC(=O)c1ccc(-c2cnc3cnnc(Nc4cccc(C(F)(F)F)c4)c3c2)cc1. The Morgan fingerprint density at radius 3 is 2.48 bits per heavy atom. The molecule has 0 aliphatic carbocycles. The van der Waals surface area contributed by atoms with Crippen LogP contribution in [0, 0.1) is 0 Å². The number of aromatic nitrogens is 3. The van der Waals surface area contributed by atoms with Gasteiger partial charge in [0.25, 0.3) is 0 Å². The van der Waals surface area contributed by atoms with E-state index in [9.17, 15) is 18.0 Å². The highest BCUT2D eigenvalue weighted by Gasteiger charge is 2.30. The molecule has 31 heavy (non-hydrogen) atoms. The summed E-state index contributed by atoms with van der Waals surface area (Å²) in [7, 11) is 1.31. The van der Waals surface area contributed by atoms with E-state index in [1.807, 2.05) is 0 Å². The molecule has 4 rings (SSSR count). The van der Waals surface area contributed by atoms with Gasteiger partial charge in [-0.25, -0.2) is 4.79 Å². The second kappa shape index (κ2) is 8.02. The van der Waals surface area contributed by atoms with Crippen LogP contribution in [0.5, 0.6) is 0 Å². The molecule has 1 N–H and O–H groups in total. The van der Waals surface area contributed by atoms with Crippen molar-refractivity contribution in [2.45, 2.75) is 6.18 Å². The maximum atomic E-state index is 13.0. The molecule has 0 spiro atoms. The Morgan fingerprint density at radius 1 is 1.00 bits per heavy atom. The van der Waals surface area contributed by atoms with Crippen LogP contribution in [0.25, 0.3) is 22.0 Å². The highest BCUT2D eigenvalue weighted by molar-refractivity contribution is 5.93. The highest BCUT2D eigenvalue weighted by atomic mass is 19.4. The van der Waals surface area contributed by atoms with Gasteiger partial charge >= 0.3 is 12.1 Å². The third-order valence-corrected chi connectivity index (χ3v) is 4.60. The Bertz CT molecular complexity index is 1260. The quantitative estimate of drug-likeness (QED) is 0.452. The van der Waals surface area contributed by atoms with Gasteiger partial charge in [-0.2, -0.15) is 18.3 Å².